The van der Waals surface area contributed by atoms with Gasteiger partial charge in [0.15, 0.2) is 0 Å². The van der Waals surface area contributed by atoms with Crippen LogP contribution in [0.4, 0.5) is 0 Å². The summed E-state index contributed by atoms with van der Waals surface area (Å²) in [6.07, 6.45) is 1.99. The molecule has 1 amide bonds. The molecule has 3 aromatic rings. The first-order chi connectivity index (χ1) is 12.5. The lowest BCUT2D eigenvalue weighted by Crippen LogP contribution is -2.10. The molecule has 2 N–H and O–H groups in total. The Morgan fingerprint density at radius 2 is 1.92 bits per heavy atom. The smallest absolute Gasteiger partial charge is 0.217 e. The van der Waals surface area contributed by atoms with Crippen molar-refractivity contribution in [3.05, 3.63) is 63.8 Å². The van der Waals surface area contributed by atoms with Gasteiger partial charge >= 0.3 is 0 Å². The van der Waals surface area contributed by atoms with Crippen LogP contribution in [0.3, 0.4) is 0 Å². The van der Waals surface area contributed by atoms with Gasteiger partial charge in [-0.3, -0.25) is 4.79 Å². The van der Waals surface area contributed by atoms with Gasteiger partial charge in [-0.05, 0) is 61.2 Å². The Balaban J connectivity index is 2.02. The number of amides is 1. The maximum atomic E-state index is 11.1. The number of hydrogen-bond acceptors (Lipinski definition) is 2. The van der Waals surface area contributed by atoms with Crippen LogP contribution in [0, 0.1) is 6.92 Å². The van der Waals surface area contributed by atoms with Crippen molar-refractivity contribution in [1.82, 2.24) is 4.57 Å². The molecular formula is C21H23BrN2O2. The van der Waals surface area contributed by atoms with E-state index < -0.39 is 0 Å². The second kappa shape index (κ2) is 7.96. The Bertz CT molecular complexity index is 929. The lowest BCUT2D eigenvalue weighted by molar-refractivity contribution is -0.118. The summed E-state index contributed by atoms with van der Waals surface area (Å²) in [6.45, 7) is 2.95. The lowest BCUT2D eigenvalue weighted by Gasteiger charge is -2.09. The van der Waals surface area contributed by atoms with E-state index in [-0.39, 0.29) is 5.91 Å². The number of ether oxygens (including phenoxy) is 1. The van der Waals surface area contributed by atoms with E-state index in [4.69, 9.17) is 10.5 Å². The third-order valence-corrected chi connectivity index (χ3v) is 5.29. The van der Waals surface area contributed by atoms with E-state index >= 15 is 0 Å². The van der Waals surface area contributed by atoms with Crippen LogP contribution in [0.1, 0.15) is 29.7 Å². The highest BCUT2D eigenvalue weighted by atomic mass is 79.9. The number of carbonyl (C=O) groups excluding carboxylic acids is 1. The second-order valence-corrected chi connectivity index (χ2v) is 7.40. The monoisotopic (exact) mass is 414 g/mol. The van der Waals surface area contributed by atoms with Gasteiger partial charge < -0.3 is 15.0 Å². The summed E-state index contributed by atoms with van der Waals surface area (Å²) in [5, 5.41) is 1.18. The molecule has 0 saturated heterocycles. The normalized spacial score (nSPS) is 11.0. The minimum atomic E-state index is -0.251. The average Bonchev–Trinajstić information content (AvgIpc) is 2.88. The number of hydrogen-bond donors (Lipinski definition) is 1. The maximum Gasteiger partial charge on any atom is 0.217 e. The topological polar surface area (TPSA) is 57.2 Å². The number of halogens is 1. The first-order valence-corrected chi connectivity index (χ1v) is 9.47. The summed E-state index contributed by atoms with van der Waals surface area (Å²) in [7, 11) is 1.68. The molecule has 3 rings (SSSR count). The number of rotatable bonds is 7. The highest BCUT2D eigenvalue weighted by Gasteiger charge is 2.15. The summed E-state index contributed by atoms with van der Waals surface area (Å²) in [5.74, 6) is 0.591. The molecule has 0 radical (unpaired) electrons. The second-order valence-electron chi connectivity index (χ2n) is 6.48. The van der Waals surface area contributed by atoms with Crippen molar-refractivity contribution in [2.75, 3.05) is 7.11 Å². The van der Waals surface area contributed by atoms with Gasteiger partial charge in [0, 0.05) is 34.0 Å². The number of nitrogens with zero attached hydrogens (tertiary/aromatic N) is 1. The largest absolute Gasteiger partial charge is 0.497 e. The number of benzene rings is 2. The van der Waals surface area contributed by atoms with Gasteiger partial charge in [-0.15, -0.1) is 0 Å². The van der Waals surface area contributed by atoms with E-state index in [0.717, 1.165) is 29.6 Å². The van der Waals surface area contributed by atoms with E-state index in [9.17, 15) is 4.79 Å². The SMILES string of the molecule is COc1ccc2c(c1)c(CCCC(N)=O)c(C)n2Cc1ccc(Br)cc1. The quantitative estimate of drug-likeness (QED) is 0.614. The molecule has 0 saturated carbocycles. The third-order valence-electron chi connectivity index (χ3n) is 4.77. The Hall–Kier alpha value is -2.27. The zero-order valence-electron chi connectivity index (χ0n) is 15.1. The van der Waals surface area contributed by atoms with Crippen molar-refractivity contribution >= 4 is 32.7 Å². The van der Waals surface area contributed by atoms with Gasteiger partial charge in [-0.2, -0.15) is 0 Å². The molecule has 1 heterocycles. The molecule has 0 aliphatic heterocycles. The fourth-order valence-electron chi connectivity index (χ4n) is 3.39. The van der Waals surface area contributed by atoms with E-state index in [2.05, 4.69) is 63.8 Å². The first-order valence-electron chi connectivity index (χ1n) is 8.68. The molecule has 0 bridgehead atoms. The predicted molar refractivity (Wildman–Crippen MR) is 109 cm³/mol. The molecular weight excluding hydrogens is 392 g/mol. The Kier molecular flexibility index (Phi) is 5.67. The lowest BCUT2D eigenvalue weighted by atomic mass is 10.0. The molecule has 0 unspecified atom stereocenters. The van der Waals surface area contributed by atoms with Crippen LogP contribution in [0.15, 0.2) is 46.9 Å². The summed E-state index contributed by atoms with van der Waals surface area (Å²) in [4.78, 5) is 11.1. The molecule has 0 aliphatic carbocycles. The van der Waals surface area contributed by atoms with Crippen molar-refractivity contribution in [1.29, 1.82) is 0 Å². The fraction of sp³-hybridized carbons (Fsp3) is 0.286. The molecule has 0 atom stereocenters. The molecule has 26 heavy (non-hydrogen) atoms. The minimum absolute atomic E-state index is 0.251. The molecule has 0 spiro atoms. The van der Waals surface area contributed by atoms with Gasteiger partial charge in [-0.1, -0.05) is 28.1 Å². The predicted octanol–water partition coefficient (Wildman–Crippen LogP) is 4.58. The van der Waals surface area contributed by atoms with Crippen LogP contribution in [0.2, 0.25) is 0 Å². The number of carbonyl (C=O) groups is 1. The Morgan fingerprint density at radius 3 is 2.58 bits per heavy atom. The Labute approximate surface area is 162 Å². The van der Waals surface area contributed by atoms with Crippen LogP contribution in [0.25, 0.3) is 10.9 Å². The van der Waals surface area contributed by atoms with E-state index in [1.165, 1.54) is 27.7 Å². The van der Waals surface area contributed by atoms with Crippen molar-refractivity contribution in [2.24, 2.45) is 5.73 Å². The van der Waals surface area contributed by atoms with Crippen molar-refractivity contribution in [3.8, 4) is 5.75 Å². The molecule has 136 valence electrons. The van der Waals surface area contributed by atoms with Crippen molar-refractivity contribution in [3.63, 3.8) is 0 Å². The number of aryl methyl sites for hydroxylation is 1. The van der Waals surface area contributed by atoms with Gasteiger partial charge in [0.1, 0.15) is 5.75 Å². The molecule has 4 nitrogen and oxygen atoms in total. The molecule has 2 aromatic carbocycles. The number of nitrogens with two attached hydrogens (primary N) is 1. The minimum Gasteiger partial charge on any atom is -0.497 e. The van der Waals surface area contributed by atoms with Crippen molar-refractivity contribution < 1.29 is 9.53 Å². The number of aromatic nitrogens is 1. The summed E-state index contributed by atoms with van der Waals surface area (Å²) in [6, 6.07) is 14.6. The number of primary amides is 1. The Morgan fingerprint density at radius 1 is 1.19 bits per heavy atom. The van der Waals surface area contributed by atoms with Gasteiger partial charge in [0.2, 0.25) is 5.91 Å². The standard InChI is InChI=1S/C21H23BrN2O2/c1-14-18(4-3-5-21(23)25)19-12-17(26-2)10-11-20(19)24(14)13-15-6-8-16(22)9-7-15/h6-12H,3-5,13H2,1-2H3,(H2,23,25). The first kappa shape index (κ1) is 18.5. The van der Waals surface area contributed by atoms with Crippen LogP contribution in [-0.2, 0) is 17.8 Å². The van der Waals surface area contributed by atoms with Crippen LogP contribution >= 0.6 is 15.9 Å². The van der Waals surface area contributed by atoms with Crippen LogP contribution in [-0.4, -0.2) is 17.6 Å². The fourth-order valence-corrected chi connectivity index (χ4v) is 3.65. The highest BCUT2D eigenvalue weighted by Crippen LogP contribution is 2.31. The van der Waals surface area contributed by atoms with Gasteiger partial charge in [0.25, 0.3) is 0 Å². The van der Waals surface area contributed by atoms with Crippen molar-refractivity contribution in [2.45, 2.75) is 32.7 Å². The molecule has 1 aromatic heterocycles. The van der Waals surface area contributed by atoms with Gasteiger partial charge in [0.05, 0.1) is 7.11 Å². The molecule has 0 aliphatic rings. The van der Waals surface area contributed by atoms with E-state index in [1.54, 1.807) is 7.11 Å². The summed E-state index contributed by atoms with van der Waals surface area (Å²) < 4.78 is 8.82. The maximum absolute atomic E-state index is 11.1. The average molecular weight is 415 g/mol. The molecule has 5 heteroatoms. The summed E-state index contributed by atoms with van der Waals surface area (Å²) in [5.41, 5.74) is 10.2. The van der Waals surface area contributed by atoms with E-state index in [0.29, 0.717) is 6.42 Å². The third kappa shape index (κ3) is 3.93. The number of fused-ring (bicyclic) bond motifs is 1. The zero-order chi connectivity index (χ0) is 18.7. The van der Waals surface area contributed by atoms with Crippen LogP contribution < -0.4 is 10.5 Å². The highest BCUT2D eigenvalue weighted by molar-refractivity contribution is 9.10. The molecule has 0 fully saturated rings. The van der Waals surface area contributed by atoms with Crippen LogP contribution in [0.5, 0.6) is 5.75 Å². The van der Waals surface area contributed by atoms with E-state index in [1.807, 2.05) is 6.07 Å². The zero-order valence-corrected chi connectivity index (χ0v) is 16.7. The van der Waals surface area contributed by atoms with Gasteiger partial charge in [-0.25, -0.2) is 0 Å². The summed E-state index contributed by atoms with van der Waals surface area (Å²) >= 11 is 3.49. The number of methoxy groups -OCH3 is 1.